The van der Waals surface area contributed by atoms with Gasteiger partial charge in [0, 0.05) is 26.2 Å². The number of halogens is 1. The van der Waals surface area contributed by atoms with Crippen LogP contribution in [-0.2, 0) is 21.2 Å². The van der Waals surface area contributed by atoms with E-state index in [9.17, 15) is 17.6 Å². The van der Waals surface area contributed by atoms with Crippen LogP contribution < -0.4 is 10.1 Å². The predicted octanol–water partition coefficient (Wildman–Crippen LogP) is 3.05. The molecule has 0 aliphatic heterocycles. The lowest BCUT2D eigenvalue weighted by Gasteiger charge is -2.16. The Labute approximate surface area is 159 Å². The highest BCUT2D eigenvalue weighted by atomic mass is 32.2. The summed E-state index contributed by atoms with van der Waals surface area (Å²) in [4.78, 5) is 12.2. The van der Waals surface area contributed by atoms with Gasteiger partial charge in [0.1, 0.15) is 16.5 Å². The Kier molecular flexibility index (Phi) is 6.92. The molecule has 2 aromatic carbocycles. The maximum absolute atomic E-state index is 13.2. The van der Waals surface area contributed by atoms with Gasteiger partial charge in [-0.05, 0) is 49.2 Å². The first-order chi connectivity index (χ1) is 12.7. The second-order valence-electron chi connectivity index (χ2n) is 6.06. The Morgan fingerprint density at radius 3 is 2.56 bits per heavy atom. The molecule has 0 atom stereocenters. The molecular formula is C19H23FN2O4S. The van der Waals surface area contributed by atoms with Crippen molar-refractivity contribution in [1.29, 1.82) is 0 Å². The third-order valence-corrected chi connectivity index (χ3v) is 5.65. The summed E-state index contributed by atoms with van der Waals surface area (Å²) in [5.41, 5.74) is 1.07. The summed E-state index contributed by atoms with van der Waals surface area (Å²) in [7, 11) is -0.881. The number of nitrogens with zero attached hydrogens (tertiary/aromatic N) is 1. The lowest BCUT2D eigenvalue weighted by molar-refractivity contribution is -0.116. The fraction of sp³-hybridized carbons (Fsp3) is 0.316. The van der Waals surface area contributed by atoms with Gasteiger partial charge >= 0.3 is 0 Å². The number of ether oxygens (including phenoxy) is 1. The van der Waals surface area contributed by atoms with E-state index in [1.165, 1.54) is 38.4 Å². The molecule has 0 saturated carbocycles. The van der Waals surface area contributed by atoms with E-state index >= 15 is 0 Å². The molecular weight excluding hydrogens is 371 g/mol. The molecule has 0 unspecified atom stereocenters. The number of hydrogen-bond acceptors (Lipinski definition) is 4. The zero-order chi connectivity index (χ0) is 20.0. The quantitative estimate of drug-likeness (QED) is 0.747. The largest absolute Gasteiger partial charge is 0.492 e. The molecule has 0 spiro atoms. The van der Waals surface area contributed by atoms with Gasteiger partial charge in [-0.2, -0.15) is 0 Å². The molecule has 1 N–H and O–H groups in total. The molecule has 0 fully saturated rings. The Hall–Kier alpha value is -2.45. The van der Waals surface area contributed by atoms with Crippen molar-refractivity contribution in [3.63, 3.8) is 0 Å². The van der Waals surface area contributed by atoms with Crippen molar-refractivity contribution in [2.45, 2.75) is 24.7 Å². The Balaban J connectivity index is 2.15. The Morgan fingerprint density at radius 1 is 1.19 bits per heavy atom. The van der Waals surface area contributed by atoms with Gasteiger partial charge in [-0.25, -0.2) is 17.1 Å². The third-order valence-electron chi connectivity index (χ3n) is 3.82. The van der Waals surface area contributed by atoms with Gasteiger partial charge in [0.15, 0.2) is 0 Å². The van der Waals surface area contributed by atoms with Gasteiger partial charge < -0.3 is 10.1 Å². The number of sulfonamides is 1. The van der Waals surface area contributed by atoms with Crippen molar-refractivity contribution < 1.29 is 22.3 Å². The normalized spacial score (nSPS) is 11.4. The van der Waals surface area contributed by atoms with Crippen LogP contribution in [0.3, 0.4) is 0 Å². The highest BCUT2D eigenvalue weighted by molar-refractivity contribution is 7.89. The summed E-state index contributed by atoms with van der Waals surface area (Å²) in [6.45, 7) is 2.07. The SMILES string of the molecule is CCOc1ccc(NC(=O)CCc2cccc(F)c2)cc1S(=O)(=O)N(C)C. The van der Waals surface area contributed by atoms with Crippen LogP contribution in [0.15, 0.2) is 47.4 Å². The number of benzene rings is 2. The summed E-state index contributed by atoms with van der Waals surface area (Å²) >= 11 is 0. The van der Waals surface area contributed by atoms with Crippen molar-refractivity contribution in [3.8, 4) is 5.75 Å². The maximum Gasteiger partial charge on any atom is 0.246 e. The van der Waals surface area contributed by atoms with Gasteiger partial charge in [0.05, 0.1) is 6.61 Å². The second-order valence-corrected chi connectivity index (χ2v) is 8.18. The molecule has 0 bridgehead atoms. The average molecular weight is 394 g/mol. The van der Waals surface area contributed by atoms with Crippen LogP contribution >= 0.6 is 0 Å². The minimum absolute atomic E-state index is 0.0164. The topological polar surface area (TPSA) is 75.7 Å². The smallest absolute Gasteiger partial charge is 0.246 e. The van der Waals surface area contributed by atoms with Gasteiger partial charge in [-0.3, -0.25) is 4.79 Å². The highest BCUT2D eigenvalue weighted by Crippen LogP contribution is 2.29. The van der Waals surface area contributed by atoms with Crippen molar-refractivity contribution >= 4 is 21.6 Å². The molecule has 8 heteroatoms. The van der Waals surface area contributed by atoms with E-state index in [0.29, 0.717) is 24.3 Å². The molecule has 0 aliphatic carbocycles. The lowest BCUT2D eigenvalue weighted by Crippen LogP contribution is -2.23. The molecule has 6 nitrogen and oxygen atoms in total. The molecule has 146 valence electrons. The van der Waals surface area contributed by atoms with Crippen LogP contribution in [0.1, 0.15) is 18.9 Å². The molecule has 1 amide bonds. The number of hydrogen-bond donors (Lipinski definition) is 1. The standard InChI is InChI=1S/C19H23FN2O4S/c1-4-26-17-10-9-16(13-18(17)27(24,25)22(2)3)21-19(23)11-8-14-6-5-7-15(20)12-14/h5-7,9-10,12-13H,4,8,11H2,1-3H3,(H,21,23). The zero-order valence-corrected chi connectivity index (χ0v) is 16.3. The summed E-state index contributed by atoms with van der Waals surface area (Å²) in [6, 6.07) is 10.5. The third kappa shape index (κ3) is 5.51. The Bertz CT molecular complexity index is 914. The second kappa shape index (κ2) is 8.96. The summed E-state index contributed by atoms with van der Waals surface area (Å²) in [6.07, 6.45) is 0.524. The van der Waals surface area contributed by atoms with E-state index in [1.807, 2.05) is 0 Å². The minimum atomic E-state index is -3.73. The van der Waals surface area contributed by atoms with E-state index in [2.05, 4.69) is 5.32 Å². The van der Waals surface area contributed by atoms with Crippen molar-refractivity contribution in [3.05, 3.63) is 53.8 Å². The van der Waals surface area contributed by atoms with Crippen LogP contribution in [0.4, 0.5) is 10.1 Å². The predicted molar refractivity (Wildman–Crippen MR) is 102 cm³/mol. The highest BCUT2D eigenvalue weighted by Gasteiger charge is 2.23. The van der Waals surface area contributed by atoms with Gasteiger partial charge in [0.2, 0.25) is 15.9 Å². The first-order valence-corrected chi connectivity index (χ1v) is 9.91. The number of carbonyl (C=O) groups is 1. The van der Waals surface area contributed by atoms with Crippen LogP contribution in [0, 0.1) is 5.82 Å². The fourth-order valence-electron chi connectivity index (χ4n) is 2.43. The number of rotatable bonds is 8. The van der Waals surface area contributed by atoms with Gasteiger partial charge in [-0.1, -0.05) is 12.1 Å². The summed E-state index contributed by atoms with van der Waals surface area (Å²) in [5.74, 6) is -0.418. The number of aryl methyl sites for hydroxylation is 1. The van der Waals surface area contributed by atoms with Crippen LogP contribution in [0.25, 0.3) is 0 Å². The summed E-state index contributed by atoms with van der Waals surface area (Å²) < 4.78 is 44.7. The van der Waals surface area contributed by atoms with E-state index in [4.69, 9.17) is 4.74 Å². The number of anilines is 1. The van der Waals surface area contributed by atoms with Crippen LogP contribution in [-0.4, -0.2) is 39.3 Å². The number of carbonyl (C=O) groups excluding carboxylic acids is 1. The van der Waals surface area contributed by atoms with Gasteiger partial charge in [-0.15, -0.1) is 0 Å². The Morgan fingerprint density at radius 2 is 1.93 bits per heavy atom. The molecule has 2 aromatic rings. The van der Waals surface area contributed by atoms with E-state index in [1.54, 1.807) is 25.1 Å². The van der Waals surface area contributed by atoms with E-state index < -0.39 is 10.0 Å². The zero-order valence-electron chi connectivity index (χ0n) is 15.5. The van der Waals surface area contributed by atoms with Crippen LogP contribution in [0.2, 0.25) is 0 Å². The van der Waals surface area contributed by atoms with Crippen LogP contribution in [0.5, 0.6) is 5.75 Å². The monoisotopic (exact) mass is 394 g/mol. The first-order valence-electron chi connectivity index (χ1n) is 8.47. The first kappa shape index (κ1) is 20.9. The molecule has 0 saturated heterocycles. The lowest BCUT2D eigenvalue weighted by atomic mass is 10.1. The molecule has 0 aliphatic rings. The molecule has 0 heterocycles. The van der Waals surface area contributed by atoms with Crippen molar-refractivity contribution in [2.75, 3.05) is 26.0 Å². The van der Waals surface area contributed by atoms with Crippen molar-refractivity contribution in [2.24, 2.45) is 0 Å². The molecule has 0 radical (unpaired) electrons. The van der Waals surface area contributed by atoms with Gasteiger partial charge in [0.25, 0.3) is 0 Å². The maximum atomic E-state index is 13.2. The van der Waals surface area contributed by atoms with E-state index in [-0.39, 0.29) is 28.8 Å². The fourth-order valence-corrected chi connectivity index (χ4v) is 3.48. The molecule has 2 rings (SSSR count). The van der Waals surface area contributed by atoms with E-state index in [0.717, 1.165) is 4.31 Å². The molecule has 27 heavy (non-hydrogen) atoms. The average Bonchev–Trinajstić information content (AvgIpc) is 2.61. The summed E-state index contributed by atoms with van der Waals surface area (Å²) in [5, 5.41) is 2.68. The minimum Gasteiger partial charge on any atom is -0.492 e. The molecule has 0 aromatic heterocycles. The van der Waals surface area contributed by atoms with Crippen molar-refractivity contribution in [1.82, 2.24) is 4.31 Å². The number of amides is 1. The number of nitrogens with one attached hydrogen (secondary N) is 1.